The van der Waals surface area contributed by atoms with Crippen molar-refractivity contribution in [2.24, 2.45) is 0 Å². The van der Waals surface area contributed by atoms with Crippen LogP contribution in [0.5, 0.6) is 0 Å². The number of nitrogens with zero attached hydrogens (tertiary/aromatic N) is 4. The lowest BCUT2D eigenvalue weighted by Gasteiger charge is -2.47. The Morgan fingerprint density at radius 3 is 2.19 bits per heavy atom. The SMILES string of the molecule is CC(=O)N1CCC(N2CCC[C@H](N3CCN(c4ccccc4)CC3)C2)CC1. The van der Waals surface area contributed by atoms with Gasteiger partial charge in [0.2, 0.25) is 5.91 Å². The Labute approximate surface area is 163 Å². The Balaban J connectivity index is 1.27. The van der Waals surface area contributed by atoms with Gasteiger partial charge >= 0.3 is 0 Å². The van der Waals surface area contributed by atoms with Crippen LogP contribution in [0.25, 0.3) is 0 Å². The van der Waals surface area contributed by atoms with E-state index in [4.69, 9.17) is 0 Å². The van der Waals surface area contributed by atoms with Crippen molar-refractivity contribution in [3.8, 4) is 0 Å². The summed E-state index contributed by atoms with van der Waals surface area (Å²) in [5, 5.41) is 0. The zero-order chi connectivity index (χ0) is 18.6. The maximum absolute atomic E-state index is 11.6. The normalized spacial score (nSPS) is 26.3. The summed E-state index contributed by atoms with van der Waals surface area (Å²) in [5.41, 5.74) is 1.36. The minimum Gasteiger partial charge on any atom is -0.369 e. The lowest BCUT2D eigenvalue weighted by Crippen LogP contribution is -2.57. The summed E-state index contributed by atoms with van der Waals surface area (Å²) in [6.07, 6.45) is 4.95. The molecule has 0 radical (unpaired) electrons. The van der Waals surface area contributed by atoms with Crippen LogP contribution >= 0.6 is 0 Å². The van der Waals surface area contributed by atoms with E-state index >= 15 is 0 Å². The molecular formula is C22H34N4O. The van der Waals surface area contributed by atoms with Crippen molar-refractivity contribution in [2.75, 3.05) is 57.3 Å². The standard InChI is InChI=1S/C22H34N4O/c1-19(27)23-12-9-21(10-13-23)26-11-5-8-22(18-26)25-16-14-24(15-17-25)20-6-3-2-4-7-20/h2-4,6-7,21-22H,5,8-18H2,1H3/t22-/m0/s1. The fourth-order valence-electron chi connectivity index (χ4n) is 5.14. The molecule has 0 aromatic heterocycles. The Morgan fingerprint density at radius 1 is 0.815 bits per heavy atom. The Hall–Kier alpha value is -1.59. The Kier molecular flexibility index (Phi) is 5.98. The molecule has 0 unspecified atom stereocenters. The highest BCUT2D eigenvalue weighted by atomic mass is 16.2. The van der Waals surface area contributed by atoms with E-state index in [1.54, 1.807) is 6.92 Å². The van der Waals surface area contributed by atoms with Gasteiger partial charge in [0.1, 0.15) is 0 Å². The van der Waals surface area contributed by atoms with E-state index in [0.29, 0.717) is 12.1 Å². The molecule has 1 amide bonds. The van der Waals surface area contributed by atoms with Gasteiger partial charge in [0.25, 0.3) is 0 Å². The monoisotopic (exact) mass is 370 g/mol. The van der Waals surface area contributed by atoms with Gasteiger partial charge < -0.3 is 9.80 Å². The minimum absolute atomic E-state index is 0.237. The highest BCUT2D eigenvalue weighted by Gasteiger charge is 2.32. The highest BCUT2D eigenvalue weighted by Crippen LogP contribution is 2.25. The van der Waals surface area contributed by atoms with Crippen molar-refractivity contribution in [3.05, 3.63) is 30.3 Å². The van der Waals surface area contributed by atoms with E-state index in [1.807, 2.05) is 4.90 Å². The summed E-state index contributed by atoms with van der Waals surface area (Å²) in [4.78, 5) is 21.6. The topological polar surface area (TPSA) is 30.0 Å². The van der Waals surface area contributed by atoms with Crippen LogP contribution in [0.1, 0.15) is 32.6 Å². The van der Waals surface area contributed by atoms with Gasteiger partial charge in [-0.1, -0.05) is 18.2 Å². The molecule has 1 aromatic rings. The summed E-state index contributed by atoms with van der Waals surface area (Å²) in [6, 6.07) is 12.2. The van der Waals surface area contributed by atoms with Crippen molar-refractivity contribution in [1.82, 2.24) is 14.7 Å². The first kappa shape index (κ1) is 18.8. The second kappa shape index (κ2) is 8.61. The molecule has 0 spiro atoms. The first-order valence-corrected chi connectivity index (χ1v) is 10.7. The summed E-state index contributed by atoms with van der Waals surface area (Å²) < 4.78 is 0. The quantitative estimate of drug-likeness (QED) is 0.817. The molecular weight excluding hydrogens is 336 g/mol. The number of piperazine rings is 1. The van der Waals surface area contributed by atoms with Crippen LogP contribution in [-0.2, 0) is 4.79 Å². The molecule has 3 fully saturated rings. The molecule has 1 atom stereocenters. The van der Waals surface area contributed by atoms with Crippen LogP contribution in [-0.4, -0.2) is 85.0 Å². The predicted octanol–water partition coefficient (Wildman–Crippen LogP) is 2.28. The van der Waals surface area contributed by atoms with Crippen LogP contribution in [0.2, 0.25) is 0 Å². The van der Waals surface area contributed by atoms with E-state index in [-0.39, 0.29) is 5.91 Å². The van der Waals surface area contributed by atoms with Gasteiger partial charge in [-0.2, -0.15) is 0 Å². The third-order valence-electron chi connectivity index (χ3n) is 6.81. The molecule has 5 heteroatoms. The number of carbonyl (C=O) groups is 1. The van der Waals surface area contributed by atoms with Crippen molar-refractivity contribution in [3.63, 3.8) is 0 Å². The third kappa shape index (κ3) is 4.46. The van der Waals surface area contributed by atoms with Crippen molar-refractivity contribution < 1.29 is 4.79 Å². The molecule has 0 saturated carbocycles. The second-order valence-corrected chi connectivity index (χ2v) is 8.39. The lowest BCUT2D eigenvalue weighted by atomic mass is 9.96. The van der Waals surface area contributed by atoms with Crippen molar-refractivity contribution in [2.45, 2.75) is 44.7 Å². The zero-order valence-corrected chi connectivity index (χ0v) is 16.7. The minimum atomic E-state index is 0.237. The molecule has 1 aromatic carbocycles. The van der Waals surface area contributed by atoms with E-state index in [9.17, 15) is 4.79 Å². The highest BCUT2D eigenvalue weighted by molar-refractivity contribution is 5.73. The number of piperidine rings is 2. The number of hydrogen-bond acceptors (Lipinski definition) is 4. The van der Waals surface area contributed by atoms with E-state index in [0.717, 1.165) is 39.0 Å². The number of amides is 1. The molecule has 148 valence electrons. The van der Waals surface area contributed by atoms with Crippen LogP contribution in [0.3, 0.4) is 0 Å². The molecule has 3 aliphatic heterocycles. The summed E-state index contributed by atoms with van der Waals surface area (Å²) in [7, 11) is 0. The van der Waals surface area contributed by atoms with Crippen LogP contribution in [0.4, 0.5) is 5.69 Å². The Morgan fingerprint density at radius 2 is 1.52 bits per heavy atom. The zero-order valence-electron chi connectivity index (χ0n) is 16.7. The molecule has 27 heavy (non-hydrogen) atoms. The molecule has 3 heterocycles. The predicted molar refractivity (Wildman–Crippen MR) is 110 cm³/mol. The Bertz CT molecular complexity index is 606. The first-order valence-electron chi connectivity index (χ1n) is 10.7. The largest absolute Gasteiger partial charge is 0.369 e. The van der Waals surface area contributed by atoms with Gasteiger partial charge in [-0.25, -0.2) is 0 Å². The van der Waals surface area contributed by atoms with Gasteiger partial charge in [0.05, 0.1) is 0 Å². The smallest absolute Gasteiger partial charge is 0.219 e. The molecule has 0 N–H and O–H groups in total. The summed E-state index contributed by atoms with van der Waals surface area (Å²) in [5.74, 6) is 0.237. The number of carbonyl (C=O) groups excluding carboxylic acids is 1. The number of rotatable bonds is 3. The lowest BCUT2D eigenvalue weighted by molar-refractivity contribution is -0.130. The van der Waals surface area contributed by atoms with Crippen LogP contribution < -0.4 is 4.90 Å². The first-order chi connectivity index (χ1) is 13.2. The van der Waals surface area contributed by atoms with E-state index < -0.39 is 0 Å². The van der Waals surface area contributed by atoms with E-state index in [1.165, 1.54) is 44.7 Å². The molecule has 0 aliphatic carbocycles. The van der Waals surface area contributed by atoms with Crippen LogP contribution in [0.15, 0.2) is 30.3 Å². The molecule has 5 nitrogen and oxygen atoms in total. The number of likely N-dealkylation sites (tertiary alicyclic amines) is 2. The van der Waals surface area contributed by atoms with Gasteiger partial charge in [-0.3, -0.25) is 14.6 Å². The number of anilines is 1. The summed E-state index contributed by atoms with van der Waals surface area (Å²) in [6.45, 7) is 10.7. The second-order valence-electron chi connectivity index (χ2n) is 8.39. The number of hydrogen-bond donors (Lipinski definition) is 0. The molecule has 3 aliphatic rings. The molecule has 0 bridgehead atoms. The average Bonchev–Trinajstić information content (AvgIpc) is 2.75. The van der Waals surface area contributed by atoms with Gasteiger partial charge in [-0.05, 0) is 44.4 Å². The maximum Gasteiger partial charge on any atom is 0.219 e. The fraction of sp³-hybridized carbons (Fsp3) is 0.682. The number of benzene rings is 1. The van der Waals surface area contributed by atoms with Gasteiger partial charge in [0, 0.05) is 70.5 Å². The fourth-order valence-corrected chi connectivity index (χ4v) is 5.14. The van der Waals surface area contributed by atoms with Gasteiger partial charge in [-0.15, -0.1) is 0 Å². The van der Waals surface area contributed by atoms with E-state index in [2.05, 4.69) is 45.0 Å². The maximum atomic E-state index is 11.6. The molecule has 4 rings (SSSR count). The third-order valence-corrected chi connectivity index (χ3v) is 6.81. The van der Waals surface area contributed by atoms with Gasteiger partial charge in [0.15, 0.2) is 0 Å². The number of para-hydroxylation sites is 1. The van der Waals surface area contributed by atoms with Crippen LogP contribution in [0, 0.1) is 0 Å². The van der Waals surface area contributed by atoms with Crippen molar-refractivity contribution in [1.29, 1.82) is 0 Å². The average molecular weight is 371 g/mol. The summed E-state index contributed by atoms with van der Waals surface area (Å²) >= 11 is 0. The molecule has 3 saturated heterocycles. The van der Waals surface area contributed by atoms with Crippen molar-refractivity contribution >= 4 is 11.6 Å².